The molecule has 0 fully saturated rings. The molecule has 0 bridgehead atoms. The number of halogens is 1. The van der Waals surface area contributed by atoms with E-state index in [2.05, 4.69) is 9.97 Å². The summed E-state index contributed by atoms with van der Waals surface area (Å²) in [4.78, 5) is 33.3. The van der Waals surface area contributed by atoms with Gasteiger partial charge in [0.15, 0.2) is 5.13 Å². The summed E-state index contributed by atoms with van der Waals surface area (Å²) in [7, 11) is 0. The first-order valence-electron chi connectivity index (χ1n) is 9.19. The van der Waals surface area contributed by atoms with E-state index >= 15 is 0 Å². The summed E-state index contributed by atoms with van der Waals surface area (Å²) in [5.41, 5.74) is 1.43. The first-order chi connectivity index (χ1) is 15.0. The molecule has 1 amide bonds. The Morgan fingerprint density at radius 1 is 1.19 bits per heavy atom. The number of nitro benzene ring substituents is 1. The number of hydrogen-bond donors (Lipinski definition) is 0. The molecule has 0 aliphatic rings. The Bertz CT molecular complexity index is 1290. The van der Waals surface area contributed by atoms with Gasteiger partial charge in [-0.15, -0.1) is 0 Å². The van der Waals surface area contributed by atoms with Gasteiger partial charge in [0, 0.05) is 30.6 Å². The van der Waals surface area contributed by atoms with Gasteiger partial charge >= 0.3 is 0 Å². The van der Waals surface area contributed by atoms with Crippen molar-refractivity contribution < 1.29 is 14.1 Å². The molecule has 0 aliphatic heterocycles. The second kappa shape index (κ2) is 8.80. The minimum atomic E-state index is -0.496. The molecule has 4 aromatic rings. The standard InChI is InChI=1S/C22H15FN4O3S/c23-18-7-2-8-19-21(18)25-22(31-19)26(14-16-5-3-11-24-13-16)20(28)10-9-15-4-1-6-17(12-15)27(29)30/h1-13H,14H2/b10-9+. The maximum atomic E-state index is 14.1. The molecule has 4 rings (SSSR count). The Labute approximate surface area is 180 Å². The Hall–Kier alpha value is -3.98. The minimum absolute atomic E-state index is 0.0662. The number of para-hydroxylation sites is 1. The highest BCUT2D eigenvalue weighted by molar-refractivity contribution is 7.22. The minimum Gasteiger partial charge on any atom is -0.280 e. The van der Waals surface area contributed by atoms with Crippen molar-refractivity contribution >= 4 is 44.4 Å². The van der Waals surface area contributed by atoms with E-state index in [-0.39, 0.29) is 17.7 Å². The lowest BCUT2D eigenvalue weighted by molar-refractivity contribution is -0.384. The van der Waals surface area contributed by atoms with Gasteiger partial charge in [-0.2, -0.15) is 0 Å². The number of anilines is 1. The lowest BCUT2D eigenvalue weighted by Gasteiger charge is -2.18. The normalized spacial score (nSPS) is 11.1. The van der Waals surface area contributed by atoms with Crippen LogP contribution in [-0.4, -0.2) is 20.8 Å². The van der Waals surface area contributed by atoms with Crippen molar-refractivity contribution in [2.24, 2.45) is 0 Å². The van der Waals surface area contributed by atoms with Crippen molar-refractivity contribution in [3.05, 3.63) is 100 Å². The van der Waals surface area contributed by atoms with E-state index in [1.165, 1.54) is 46.6 Å². The topological polar surface area (TPSA) is 89.2 Å². The van der Waals surface area contributed by atoms with E-state index in [0.717, 1.165) is 5.56 Å². The molecule has 0 aliphatic carbocycles. The Kier molecular flexibility index (Phi) is 5.76. The molecule has 154 valence electrons. The molecule has 7 nitrogen and oxygen atoms in total. The fraction of sp³-hybridized carbons (Fsp3) is 0.0455. The number of non-ortho nitro benzene ring substituents is 1. The number of hydrogen-bond acceptors (Lipinski definition) is 6. The van der Waals surface area contributed by atoms with E-state index < -0.39 is 16.6 Å². The predicted octanol–water partition coefficient (Wildman–Crippen LogP) is 4.99. The fourth-order valence-corrected chi connectivity index (χ4v) is 3.92. The van der Waals surface area contributed by atoms with E-state index in [4.69, 9.17) is 0 Å². The molecule has 0 N–H and O–H groups in total. The molecule has 0 spiro atoms. The number of amides is 1. The molecule has 2 aromatic carbocycles. The number of carbonyl (C=O) groups excluding carboxylic acids is 1. The number of rotatable bonds is 6. The summed E-state index contributed by atoms with van der Waals surface area (Å²) < 4.78 is 14.8. The lowest BCUT2D eigenvalue weighted by atomic mass is 10.2. The molecular formula is C22H15FN4O3S. The van der Waals surface area contributed by atoms with Crippen LogP contribution in [0.4, 0.5) is 15.2 Å². The van der Waals surface area contributed by atoms with Gasteiger partial charge in [0.2, 0.25) is 0 Å². The van der Waals surface area contributed by atoms with Gasteiger partial charge in [0.25, 0.3) is 11.6 Å². The van der Waals surface area contributed by atoms with Crippen molar-refractivity contribution in [3.63, 3.8) is 0 Å². The highest BCUT2D eigenvalue weighted by atomic mass is 32.1. The number of fused-ring (bicyclic) bond motifs is 1. The summed E-state index contributed by atoms with van der Waals surface area (Å²) in [6.07, 6.45) is 6.08. The molecule has 0 saturated heterocycles. The molecule has 0 atom stereocenters. The average molecular weight is 434 g/mol. The van der Waals surface area contributed by atoms with Gasteiger partial charge < -0.3 is 0 Å². The number of nitrogens with zero attached hydrogens (tertiary/aromatic N) is 4. The van der Waals surface area contributed by atoms with Crippen LogP contribution < -0.4 is 4.90 Å². The molecule has 2 aromatic heterocycles. The zero-order chi connectivity index (χ0) is 21.8. The molecule has 0 saturated carbocycles. The molecule has 2 heterocycles. The maximum absolute atomic E-state index is 14.1. The summed E-state index contributed by atoms with van der Waals surface area (Å²) >= 11 is 1.21. The summed E-state index contributed by atoms with van der Waals surface area (Å²) in [5, 5.41) is 11.3. The van der Waals surface area contributed by atoms with Crippen LogP contribution in [0.5, 0.6) is 0 Å². The van der Waals surface area contributed by atoms with Crippen molar-refractivity contribution in [1.29, 1.82) is 0 Å². The Morgan fingerprint density at radius 3 is 2.77 bits per heavy atom. The molecule has 9 heteroatoms. The fourth-order valence-electron chi connectivity index (χ4n) is 2.93. The largest absolute Gasteiger partial charge is 0.280 e. The first kappa shape index (κ1) is 20.3. The zero-order valence-electron chi connectivity index (χ0n) is 16.0. The third-order valence-electron chi connectivity index (χ3n) is 4.42. The number of carbonyl (C=O) groups is 1. The highest BCUT2D eigenvalue weighted by Crippen LogP contribution is 2.31. The summed E-state index contributed by atoms with van der Waals surface area (Å²) in [6.45, 7) is 0.188. The number of thiazole rings is 1. The van der Waals surface area contributed by atoms with Crippen LogP contribution in [0.15, 0.2) is 73.1 Å². The van der Waals surface area contributed by atoms with Gasteiger partial charge in [-0.05, 0) is 35.4 Å². The zero-order valence-corrected chi connectivity index (χ0v) is 16.8. The van der Waals surface area contributed by atoms with Gasteiger partial charge in [0.1, 0.15) is 11.3 Å². The first-order valence-corrected chi connectivity index (χ1v) is 10.0. The van der Waals surface area contributed by atoms with Crippen LogP contribution in [0.1, 0.15) is 11.1 Å². The highest BCUT2D eigenvalue weighted by Gasteiger charge is 2.20. The number of benzene rings is 2. The Morgan fingerprint density at radius 2 is 2.03 bits per heavy atom. The monoisotopic (exact) mass is 434 g/mol. The van der Waals surface area contributed by atoms with Gasteiger partial charge in [0.05, 0.1) is 16.2 Å². The van der Waals surface area contributed by atoms with Crippen LogP contribution in [-0.2, 0) is 11.3 Å². The van der Waals surface area contributed by atoms with Gasteiger partial charge in [-0.1, -0.05) is 35.6 Å². The lowest BCUT2D eigenvalue weighted by Crippen LogP contribution is -2.28. The smallest absolute Gasteiger partial charge is 0.270 e. The third kappa shape index (κ3) is 4.62. The second-order valence-corrected chi connectivity index (χ2v) is 7.56. The third-order valence-corrected chi connectivity index (χ3v) is 5.46. The van der Waals surface area contributed by atoms with E-state index in [1.807, 2.05) is 6.07 Å². The van der Waals surface area contributed by atoms with Crippen molar-refractivity contribution in [1.82, 2.24) is 9.97 Å². The quantitative estimate of drug-likeness (QED) is 0.242. The van der Waals surface area contributed by atoms with E-state index in [9.17, 15) is 19.3 Å². The van der Waals surface area contributed by atoms with Crippen molar-refractivity contribution in [2.45, 2.75) is 6.54 Å². The summed E-state index contributed by atoms with van der Waals surface area (Å²) in [6, 6.07) is 14.2. The second-order valence-electron chi connectivity index (χ2n) is 6.55. The maximum Gasteiger partial charge on any atom is 0.270 e. The van der Waals surface area contributed by atoms with Crippen LogP contribution >= 0.6 is 11.3 Å². The summed E-state index contributed by atoms with van der Waals surface area (Å²) in [5.74, 6) is -0.851. The van der Waals surface area contributed by atoms with Crippen molar-refractivity contribution in [3.8, 4) is 0 Å². The van der Waals surface area contributed by atoms with Gasteiger partial charge in [-0.25, -0.2) is 9.37 Å². The van der Waals surface area contributed by atoms with Crippen LogP contribution in [0.25, 0.3) is 16.3 Å². The number of nitro groups is 1. The Balaban J connectivity index is 1.67. The molecule has 0 radical (unpaired) electrons. The van der Waals surface area contributed by atoms with Crippen LogP contribution in [0.2, 0.25) is 0 Å². The number of pyridine rings is 1. The predicted molar refractivity (Wildman–Crippen MR) is 117 cm³/mol. The van der Waals surface area contributed by atoms with Gasteiger partial charge in [-0.3, -0.25) is 24.8 Å². The number of aromatic nitrogens is 2. The molecule has 31 heavy (non-hydrogen) atoms. The van der Waals surface area contributed by atoms with Crippen LogP contribution in [0, 0.1) is 15.9 Å². The van der Waals surface area contributed by atoms with Crippen molar-refractivity contribution in [2.75, 3.05) is 4.90 Å². The average Bonchev–Trinajstić information content (AvgIpc) is 3.22. The SMILES string of the molecule is O=C(/C=C/c1cccc([N+](=O)[O-])c1)N(Cc1cccnc1)c1nc2c(F)cccc2s1. The van der Waals surface area contributed by atoms with E-state index in [1.54, 1.807) is 42.7 Å². The molecular weight excluding hydrogens is 419 g/mol. The van der Waals surface area contributed by atoms with E-state index in [0.29, 0.717) is 15.4 Å². The molecule has 0 unspecified atom stereocenters. The van der Waals surface area contributed by atoms with Crippen LogP contribution in [0.3, 0.4) is 0 Å².